The fourth-order valence-corrected chi connectivity index (χ4v) is 60.7. The fourth-order valence-electron chi connectivity index (χ4n) is 10.2. The van der Waals surface area contributed by atoms with Crippen LogP contribution in [0, 0.1) is 0 Å². The third-order valence-electron chi connectivity index (χ3n) is 15.0. The molecule has 0 N–H and O–H groups in total. The van der Waals surface area contributed by atoms with Crippen LogP contribution in [0.4, 0.5) is 0 Å². The van der Waals surface area contributed by atoms with E-state index in [9.17, 15) is 0 Å². The van der Waals surface area contributed by atoms with E-state index in [-0.39, 0.29) is 82.4 Å². The molecule has 8 fully saturated rings. The normalized spacial score (nSPS) is 27.2. The quantitative estimate of drug-likeness (QED) is 0.0565. The molecule has 45 heteroatoms. The molecular weight excluding hydrogens is 2710 g/mol. The van der Waals surface area contributed by atoms with Gasteiger partial charge in [-0.15, -0.1) is 0 Å². The van der Waals surface area contributed by atoms with Crippen LogP contribution in [0.25, 0.3) is 0 Å². The molecule has 8 rings (SSSR count). The molecule has 0 saturated carbocycles. The van der Waals surface area contributed by atoms with Gasteiger partial charge >= 0.3 is 833 Å². The summed E-state index contributed by atoms with van der Waals surface area (Å²) in [7, 11) is 6.05. The molecule has 0 amide bonds. The second kappa shape index (κ2) is 58.7. The van der Waals surface area contributed by atoms with E-state index in [1.807, 2.05) is 263 Å². The molecule has 8 aliphatic heterocycles. The van der Waals surface area contributed by atoms with Crippen molar-refractivity contribution in [3.8, 4) is 0 Å². The maximum absolute atomic E-state index is 6.28. The molecule has 0 aromatic rings. The average Bonchev–Trinajstić information content (AvgIpc) is 1.55. The summed E-state index contributed by atoms with van der Waals surface area (Å²) in [6.07, 6.45) is 2.45. The zero-order valence-corrected chi connectivity index (χ0v) is 108. The van der Waals surface area contributed by atoms with Crippen LogP contribution in [0.1, 0.15) is 317 Å². The van der Waals surface area contributed by atoms with Gasteiger partial charge in [0.15, 0.2) is 0 Å². The summed E-state index contributed by atoms with van der Waals surface area (Å²) in [6, 6.07) is 0. The molecule has 0 radical (unpaired) electrons. The molecule has 8 saturated heterocycles. The van der Waals surface area contributed by atoms with Gasteiger partial charge in [-0.25, -0.2) is 0 Å². The van der Waals surface area contributed by atoms with Crippen LogP contribution < -0.4 is 0 Å². The number of rotatable bonds is 32. The molecule has 8 heterocycles. The predicted molar refractivity (Wildman–Crippen MR) is 499 cm³/mol. The Bertz CT molecular complexity index is 2570. The van der Waals surface area contributed by atoms with E-state index >= 15 is 0 Å². The van der Waals surface area contributed by atoms with Crippen molar-refractivity contribution < 1.29 is 112 Å². The molecule has 0 aromatic heterocycles. The molecule has 0 aromatic carbocycles. The van der Waals surface area contributed by atoms with E-state index in [4.69, 9.17) is 112 Å². The summed E-state index contributed by atoms with van der Waals surface area (Å²) in [5, 5.41) is 0. The van der Waals surface area contributed by atoms with Crippen molar-refractivity contribution in [2.24, 2.45) is 0 Å². The van der Waals surface area contributed by atoms with Gasteiger partial charge in [-0.05, 0) is 0 Å². The fraction of sp³-hybridized carbons (Fsp3) is 1.00. The van der Waals surface area contributed by atoms with Crippen LogP contribution in [0.15, 0.2) is 0 Å². The summed E-state index contributed by atoms with van der Waals surface area (Å²) in [5.41, 5.74) is -3.57. The van der Waals surface area contributed by atoms with Gasteiger partial charge in [0.2, 0.25) is 0 Å². The van der Waals surface area contributed by atoms with Gasteiger partial charge in [-0.2, -0.15) is 0 Å². The Balaban J connectivity index is 0.00000142. The van der Waals surface area contributed by atoms with Crippen molar-refractivity contribution in [2.45, 2.75) is 422 Å². The second-order valence-electron chi connectivity index (χ2n) is 36.9. The van der Waals surface area contributed by atoms with E-state index in [1.165, 1.54) is 28.4 Å². The van der Waals surface area contributed by atoms with Gasteiger partial charge in [0.05, 0.1) is 0 Å². The Kier molecular flexibility index (Phi) is 61.3. The zero-order chi connectivity index (χ0) is 98.9. The van der Waals surface area contributed by atoms with Crippen molar-refractivity contribution in [2.75, 3.05) is 121 Å². The molecule has 127 heavy (non-hydrogen) atoms. The minimum atomic E-state index is -3.99. The second-order valence-corrected chi connectivity index (χ2v) is 80.3. The topological polar surface area (TPSA) is 332 Å². The first kappa shape index (κ1) is 133. The van der Waals surface area contributed by atoms with E-state index in [0.29, 0.717) is 92.5 Å². The van der Waals surface area contributed by atoms with Crippen LogP contribution in [0.2, 0.25) is 0 Å². The van der Waals surface area contributed by atoms with Crippen molar-refractivity contribution in [3.05, 3.63) is 0 Å². The molecule has 4 spiro atoms. The first-order chi connectivity index (χ1) is 57.8. The van der Waals surface area contributed by atoms with E-state index < -0.39 is 201 Å². The minimum absolute atomic E-state index is 0.0347. The third kappa shape index (κ3) is 51.3. The molecule has 8 aliphatic rings. The van der Waals surface area contributed by atoms with Gasteiger partial charge in [-0.3, -0.25) is 0 Å². The first-order valence-electron chi connectivity index (χ1n) is 44.0. The van der Waals surface area contributed by atoms with Gasteiger partial charge < -0.3 is 0 Å². The van der Waals surface area contributed by atoms with Gasteiger partial charge in [0, 0.05) is 0 Å². The van der Waals surface area contributed by atoms with Gasteiger partial charge in [0.1, 0.15) is 0 Å². The Hall–Kier alpha value is 5.67. The Morgan fingerprint density at radius 3 is 0.646 bits per heavy atom. The SMILES string of the molecule is C1CO[Te]2(O1)OCCO2.CC(C)(C)O[Te](OC(C)(C)C)(OC(C)(C)C)OC(C)(C)C.CC(C)O[Te](OC(C)C)(OC(C)C)OC(C)C.CC1(C)O[Te]2(OC1(C)C)OC(C)(C)C(C)(C)O2.CC1CC(C)(C)O[Te]2(O1)OC(C)CC(C)(C)O2.CC1CO[Te]2(OCC(C)O2)O1.CCO[Te](OCC)(OCC)OCC.CCO[Te](OCC)(OCC)OCC.CO[Te](OC)(OC)OC. The molecule has 4 atom stereocenters. The first-order valence-corrected chi connectivity index (χ1v) is 78.3. The predicted octanol–water partition coefficient (Wildman–Crippen LogP) is 16.0. The van der Waals surface area contributed by atoms with E-state index in [2.05, 4.69) is 41.5 Å². The number of hydrogen-bond acceptors (Lipinski definition) is 36. The maximum atomic E-state index is 6.28. The van der Waals surface area contributed by atoms with Crippen LogP contribution >= 0.6 is 0 Å². The van der Waals surface area contributed by atoms with Crippen molar-refractivity contribution in [1.82, 2.24) is 0 Å². The summed E-state index contributed by atoms with van der Waals surface area (Å²) >= 11 is -30.8. The van der Waals surface area contributed by atoms with Crippen LogP contribution in [-0.2, 0) is 112 Å². The summed E-state index contributed by atoms with van der Waals surface area (Å²) < 4.78 is 203. The summed E-state index contributed by atoms with van der Waals surface area (Å²) in [5.74, 6) is 0. The number of hydrogen-bond donors (Lipinski definition) is 0. The summed E-state index contributed by atoms with van der Waals surface area (Å²) in [6.45, 7) is 96.0. The van der Waals surface area contributed by atoms with Crippen LogP contribution in [0.3, 0.4) is 0 Å². The van der Waals surface area contributed by atoms with Gasteiger partial charge in [-0.1, -0.05) is 0 Å². The van der Waals surface area contributed by atoms with E-state index in [1.54, 1.807) is 0 Å². The van der Waals surface area contributed by atoms with Crippen LogP contribution in [0.5, 0.6) is 0 Å². The van der Waals surface area contributed by atoms with Crippen molar-refractivity contribution in [1.29, 1.82) is 0 Å². The van der Waals surface area contributed by atoms with E-state index in [0.717, 1.165) is 12.8 Å². The average molecular weight is 2890 g/mol. The van der Waals surface area contributed by atoms with Gasteiger partial charge in [0.25, 0.3) is 0 Å². The van der Waals surface area contributed by atoms with Crippen LogP contribution in [-0.4, -0.2) is 404 Å². The molecule has 0 aliphatic carbocycles. The monoisotopic (exact) mass is 2910 g/mol. The Labute approximate surface area is 823 Å². The molecule has 782 valence electrons. The summed E-state index contributed by atoms with van der Waals surface area (Å²) in [4.78, 5) is 0. The third-order valence-corrected chi connectivity index (χ3v) is 71.7. The molecular formula is C82H184O36Te9. The van der Waals surface area contributed by atoms with Crippen molar-refractivity contribution in [3.63, 3.8) is 0 Å². The van der Waals surface area contributed by atoms with Crippen molar-refractivity contribution >= 4 is 178 Å². The Morgan fingerprint density at radius 2 is 0.488 bits per heavy atom. The Morgan fingerprint density at radius 1 is 0.276 bits per heavy atom. The standard InChI is InChI=1S/C16H36O4Te.2C12H24O4Te.C12H28O4Te.2C8H20O4Te.C6H12O4Te.C4H8O4Te.C4H12O4Te/c1-13(2,3)17-21(18-14(4,5)6,19-15(7,8)9)20-16(10,11)12;1-9-7-11(3,4)15-17(13-9)14-10(2)8-12(5,6)16-17;1-9(2)10(3,4)14-17(13-9)15-11(5,6)12(7,8)16-17;1-9(2)13-17(14-10(3)4,15-11(5)6)16-12(7)8;2*1-5-9-13(10-6-2,11-7-3)12-8-4;1-5-3-7-11(9-5)8-4-6(2)10-11;1-2-6-9(5-1)7-3-4-8-9;1-5-9(6-2,7-3)8-4/h1-12H3;9-10H,7-8H2,1-6H3;1-8H3;9-12H,1-8H3;2*5-8H2,1-4H3;5-6H,3-4H2,1-2H3;1-4H2;1-4H3. The molecule has 4 unspecified atom stereocenters. The molecule has 36 nitrogen and oxygen atoms in total. The zero-order valence-electron chi connectivity index (χ0n) is 87.3. The molecule has 0 bridgehead atoms.